The number of amides is 1. The van der Waals surface area contributed by atoms with Gasteiger partial charge in [-0.15, -0.1) is 0 Å². The van der Waals surface area contributed by atoms with E-state index in [2.05, 4.69) is 5.10 Å². The molecule has 1 aromatic heterocycles. The zero-order valence-electron chi connectivity index (χ0n) is 13.2. The van der Waals surface area contributed by atoms with Gasteiger partial charge in [0.15, 0.2) is 5.69 Å². The molecule has 1 saturated carbocycles. The van der Waals surface area contributed by atoms with Gasteiger partial charge in [0, 0.05) is 18.8 Å². The Kier molecular flexibility index (Phi) is 4.17. The Morgan fingerprint density at radius 1 is 1.43 bits per heavy atom. The van der Waals surface area contributed by atoms with Crippen LogP contribution in [0, 0.1) is 12.7 Å². The maximum atomic E-state index is 13.0. The molecular formula is C17H20FN3O2. The minimum atomic E-state index is -0.843. The zero-order chi connectivity index (χ0) is 16.6. The molecule has 0 spiro atoms. The molecule has 1 atom stereocenters. The highest BCUT2D eigenvalue weighted by molar-refractivity contribution is 5.92. The molecule has 122 valence electrons. The number of benzene rings is 1. The number of carbonyl (C=O) groups excluding carboxylic acids is 1. The number of hydrogen-bond acceptors (Lipinski definition) is 3. The number of aryl methyl sites for hydroxylation is 2. The van der Waals surface area contributed by atoms with Crippen LogP contribution in [0.1, 0.15) is 40.7 Å². The van der Waals surface area contributed by atoms with Crippen molar-refractivity contribution in [3.63, 3.8) is 0 Å². The van der Waals surface area contributed by atoms with Crippen molar-refractivity contribution in [3.8, 4) is 0 Å². The van der Waals surface area contributed by atoms with Crippen molar-refractivity contribution >= 4 is 5.91 Å². The summed E-state index contributed by atoms with van der Waals surface area (Å²) < 4.78 is 14.6. The first-order valence-electron chi connectivity index (χ1n) is 7.71. The largest absolute Gasteiger partial charge is 0.387 e. The van der Waals surface area contributed by atoms with Gasteiger partial charge in [0.2, 0.25) is 0 Å². The Morgan fingerprint density at radius 3 is 2.61 bits per heavy atom. The molecule has 1 aromatic carbocycles. The zero-order valence-corrected chi connectivity index (χ0v) is 13.2. The Hall–Kier alpha value is -2.21. The summed E-state index contributed by atoms with van der Waals surface area (Å²) in [7, 11) is 1.79. The fourth-order valence-electron chi connectivity index (χ4n) is 2.57. The van der Waals surface area contributed by atoms with E-state index in [-0.39, 0.29) is 24.3 Å². The van der Waals surface area contributed by atoms with Gasteiger partial charge in [-0.2, -0.15) is 5.10 Å². The molecule has 0 saturated heterocycles. The Bertz CT molecular complexity index is 688. The molecule has 23 heavy (non-hydrogen) atoms. The first-order chi connectivity index (χ1) is 11.0. The van der Waals surface area contributed by atoms with Gasteiger partial charge in [0.05, 0.1) is 12.6 Å². The third-order valence-corrected chi connectivity index (χ3v) is 4.21. The van der Waals surface area contributed by atoms with Crippen LogP contribution in [0.5, 0.6) is 0 Å². The second-order valence-corrected chi connectivity index (χ2v) is 6.05. The fourth-order valence-corrected chi connectivity index (χ4v) is 2.57. The summed E-state index contributed by atoms with van der Waals surface area (Å²) in [6.45, 7) is 2.07. The van der Waals surface area contributed by atoms with Crippen LogP contribution in [0.25, 0.3) is 0 Å². The maximum Gasteiger partial charge on any atom is 0.274 e. The topological polar surface area (TPSA) is 58.4 Å². The lowest BCUT2D eigenvalue weighted by Crippen LogP contribution is -2.37. The van der Waals surface area contributed by atoms with E-state index in [0.29, 0.717) is 11.3 Å². The van der Waals surface area contributed by atoms with Gasteiger partial charge in [0.25, 0.3) is 5.91 Å². The quantitative estimate of drug-likeness (QED) is 0.920. The SMILES string of the molecule is Cc1cc(C(=O)N(CC(O)c2ccc(F)cc2)C2CC2)nn1C. The molecule has 1 aliphatic carbocycles. The average Bonchev–Trinajstić information content (AvgIpc) is 3.31. The molecule has 3 rings (SSSR count). The fraction of sp³-hybridized carbons (Fsp3) is 0.412. The molecule has 1 N–H and O–H groups in total. The lowest BCUT2D eigenvalue weighted by Gasteiger charge is -2.24. The number of nitrogens with zero attached hydrogens (tertiary/aromatic N) is 3. The van der Waals surface area contributed by atoms with Gasteiger partial charge < -0.3 is 10.0 Å². The first-order valence-corrected chi connectivity index (χ1v) is 7.71. The number of halogens is 1. The molecule has 1 fully saturated rings. The van der Waals surface area contributed by atoms with Crippen LogP contribution in [0.3, 0.4) is 0 Å². The summed E-state index contributed by atoms with van der Waals surface area (Å²) in [5.74, 6) is -0.516. The monoisotopic (exact) mass is 317 g/mol. The average molecular weight is 317 g/mol. The van der Waals surface area contributed by atoms with Gasteiger partial charge in [-0.05, 0) is 43.5 Å². The summed E-state index contributed by atoms with van der Waals surface area (Å²) in [4.78, 5) is 14.4. The molecule has 1 heterocycles. The molecule has 1 unspecified atom stereocenters. The third-order valence-electron chi connectivity index (χ3n) is 4.21. The molecule has 0 aliphatic heterocycles. The van der Waals surface area contributed by atoms with Crippen molar-refractivity contribution in [2.45, 2.75) is 31.9 Å². The molecular weight excluding hydrogens is 297 g/mol. The van der Waals surface area contributed by atoms with Gasteiger partial charge in [-0.1, -0.05) is 12.1 Å². The highest BCUT2D eigenvalue weighted by Crippen LogP contribution is 2.30. The van der Waals surface area contributed by atoms with Crippen molar-refractivity contribution in [2.24, 2.45) is 7.05 Å². The van der Waals surface area contributed by atoms with E-state index < -0.39 is 6.10 Å². The van der Waals surface area contributed by atoms with Gasteiger partial charge >= 0.3 is 0 Å². The molecule has 1 amide bonds. The van der Waals surface area contributed by atoms with Crippen molar-refractivity contribution in [3.05, 3.63) is 53.1 Å². The normalized spacial score (nSPS) is 15.5. The number of carbonyl (C=O) groups is 1. The van der Waals surface area contributed by atoms with Crippen molar-refractivity contribution in [2.75, 3.05) is 6.54 Å². The Balaban J connectivity index is 1.76. The maximum absolute atomic E-state index is 13.0. The highest BCUT2D eigenvalue weighted by Gasteiger charge is 2.35. The Labute approximate surface area is 134 Å². The molecule has 0 radical (unpaired) electrons. The number of aromatic nitrogens is 2. The van der Waals surface area contributed by atoms with Crippen LogP contribution in [-0.4, -0.2) is 38.3 Å². The lowest BCUT2D eigenvalue weighted by atomic mass is 10.1. The van der Waals surface area contributed by atoms with Crippen LogP contribution < -0.4 is 0 Å². The van der Waals surface area contributed by atoms with Gasteiger partial charge in [-0.25, -0.2) is 4.39 Å². The second-order valence-electron chi connectivity index (χ2n) is 6.05. The smallest absolute Gasteiger partial charge is 0.274 e. The van der Waals surface area contributed by atoms with E-state index in [0.717, 1.165) is 18.5 Å². The predicted octanol–water partition coefficient (Wildman–Crippen LogP) is 2.21. The van der Waals surface area contributed by atoms with E-state index in [9.17, 15) is 14.3 Å². The summed E-state index contributed by atoms with van der Waals surface area (Å²) >= 11 is 0. The van der Waals surface area contributed by atoms with E-state index in [4.69, 9.17) is 0 Å². The van der Waals surface area contributed by atoms with Crippen molar-refractivity contribution in [1.29, 1.82) is 0 Å². The van der Waals surface area contributed by atoms with Crippen molar-refractivity contribution < 1.29 is 14.3 Å². The lowest BCUT2D eigenvalue weighted by molar-refractivity contribution is 0.0597. The number of rotatable bonds is 5. The third kappa shape index (κ3) is 3.42. The molecule has 6 heteroatoms. The summed E-state index contributed by atoms with van der Waals surface area (Å²) in [6, 6.07) is 7.61. The van der Waals surface area contributed by atoms with E-state index in [1.807, 2.05) is 6.92 Å². The molecule has 5 nitrogen and oxygen atoms in total. The standard InChI is InChI=1S/C17H20FN3O2/c1-11-9-15(19-20(11)2)17(23)21(14-7-8-14)10-16(22)12-3-5-13(18)6-4-12/h3-6,9,14,16,22H,7-8,10H2,1-2H3. The summed E-state index contributed by atoms with van der Waals surface area (Å²) in [6.07, 6.45) is 1.03. The molecule has 1 aliphatic rings. The number of aliphatic hydroxyl groups excluding tert-OH is 1. The number of hydrogen-bond donors (Lipinski definition) is 1. The van der Waals surface area contributed by atoms with E-state index >= 15 is 0 Å². The Morgan fingerprint density at radius 2 is 2.09 bits per heavy atom. The van der Waals surface area contributed by atoms with Crippen LogP contribution in [0.2, 0.25) is 0 Å². The van der Waals surface area contributed by atoms with Gasteiger partial charge in [-0.3, -0.25) is 9.48 Å². The summed E-state index contributed by atoms with van der Waals surface area (Å²) in [5, 5.41) is 14.6. The van der Waals surface area contributed by atoms with Crippen LogP contribution in [-0.2, 0) is 7.05 Å². The van der Waals surface area contributed by atoms with Gasteiger partial charge in [0.1, 0.15) is 5.82 Å². The van der Waals surface area contributed by atoms with Crippen molar-refractivity contribution in [1.82, 2.24) is 14.7 Å². The van der Waals surface area contributed by atoms with Crippen LogP contribution in [0.15, 0.2) is 30.3 Å². The molecule has 2 aromatic rings. The van der Waals surface area contributed by atoms with E-state index in [1.165, 1.54) is 12.1 Å². The van der Waals surface area contributed by atoms with E-state index in [1.54, 1.807) is 34.8 Å². The predicted molar refractivity (Wildman–Crippen MR) is 83.4 cm³/mol. The van der Waals surface area contributed by atoms with Crippen LogP contribution in [0.4, 0.5) is 4.39 Å². The minimum Gasteiger partial charge on any atom is -0.387 e. The van der Waals surface area contributed by atoms with Crippen LogP contribution >= 0.6 is 0 Å². The summed E-state index contributed by atoms with van der Waals surface area (Å²) in [5.41, 5.74) is 1.90. The highest BCUT2D eigenvalue weighted by atomic mass is 19.1. The number of aliphatic hydroxyl groups is 1. The minimum absolute atomic E-state index is 0.153. The second kappa shape index (κ2) is 6.12. The first kappa shape index (κ1) is 15.7. The molecule has 0 bridgehead atoms.